The van der Waals surface area contributed by atoms with Crippen LogP contribution in [-0.4, -0.2) is 9.97 Å². The number of hydrogen-bond donors (Lipinski definition) is 2. The second kappa shape index (κ2) is 6.15. The molecule has 9 heteroatoms. The van der Waals surface area contributed by atoms with Crippen molar-refractivity contribution in [1.29, 1.82) is 0 Å². The highest BCUT2D eigenvalue weighted by Crippen LogP contribution is 2.31. The van der Waals surface area contributed by atoms with Gasteiger partial charge < -0.3 is 11.1 Å². The van der Waals surface area contributed by atoms with Crippen LogP contribution >= 0.6 is 24.0 Å². The van der Waals surface area contributed by atoms with Gasteiger partial charge in [-0.2, -0.15) is 13.2 Å². The minimum atomic E-state index is -4.37. The standard InChI is InChI=1S/C11H8ClF3N4.ClH/c12-9-8(16)10(18-5-17-9)19-7-3-1-6(2-4-7)11(13,14)15;/h1-5H,16H2,(H,17,18,19);1H. The van der Waals surface area contributed by atoms with Gasteiger partial charge in [0, 0.05) is 5.69 Å². The fraction of sp³-hybridized carbons (Fsp3) is 0.0909. The number of nitrogens with zero attached hydrogens (tertiary/aromatic N) is 2. The van der Waals surface area contributed by atoms with Gasteiger partial charge in [-0.05, 0) is 24.3 Å². The number of hydrogen-bond acceptors (Lipinski definition) is 4. The maximum absolute atomic E-state index is 12.4. The van der Waals surface area contributed by atoms with Crippen molar-refractivity contribution in [3.63, 3.8) is 0 Å². The normalized spacial score (nSPS) is 10.8. The monoisotopic (exact) mass is 324 g/mol. The average Bonchev–Trinajstić information content (AvgIpc) is 2.35. The Balaban J connectivity index is 0.00000200. The molecule has 108 valence electrons. The summed E-state index contributed by atoms with van der Waals surface area (Å²) in [6.07, 6.45) is -3.17. The lowest BCUT2D eigenvalue weighted by molar-refractivity contribution is -0.137. The van der Waals surface area contributed by atoms with Gasteiger partial charge >= 0.3 is 6.18 Å². The Morgan fingerprint density at radius 1 is 1.10 bits per heavy atom. The van der Waals surface area contributed by atoms with Gasteiger partial charge in [-0.25, -0.2) is 9.97 Å². The van der Waals surface area contributed by atoms with E-state index in [1.165, 1.54) is 18.5 Å². The number of alkyl halides is 3. The van der Waals surface area contributed by atoms with Crippen LogP contribution in [0.1, 0.15) is 5.56 Å². The molecule has 20 heavy (non-hydrogen) atoms. The second-order valence-corrected chi connectivity index (χ2v) is 3.98. The quantitative estimate of drug-likeness (QED) is 0.822. The molecule has 3 N–H and O–H groups in total. The first-order valence-electron chi connectivity index (χ1n) is 5.08. The molecule has 0 aliphatic carbocycles. The molecule has 0 unspecified atom stereocenters. The minimum Gasteiger partial charge on any atom is -0.393 e. The third-order valence-electron chi connectivity index (χ3n) is 2.31. The first-order chi connectivity index (χ1) is 8.88. The SMILES string of the molecule is Cl.Nc1c(Cl)ncnc1Nc1ccc(C(F)(F)F)cc1. The first-order valence-corrected chi connectivity index (χ1v) is 5.46. The maximum Gasteiger partial charge on any atom is 0.416 e. The lowest BCUT2D eigenvalue weighted by Crippen LogP contribution is -2.05. The molecular formula is C11H9Cl2F3N4. The molecule has 2 aromatic rings. The summed E-state index contributed by atoms with van der Waals surface area (Å²) < 4.78 is 37.2. The van der Waals surface area contributed by atoms with E-state index in [-0.39, 0.29) is 29.1 Å². The lowest BCUT2D eigenvalue weighted by atomic mass is 10.2. The van der Waals surface area contributed by atoms with Gasteiger partial charge in [0.15, 0.2) is 11.0 Å². The van der Waals surface area contributed by atoms with Gasteiger partial charge in [-0.3, -0.25) is 0 Å². The summed E-state index contributed by atoms with van der Waals surface area (Å²) in [6, 6.07) is 4.47. The Bertz CT molecular complexity index is 587. The van der Waals surface area contributed by atoms with Crippen molar-refractivity contribution in [3.8, 4) is 0 Å². The van der Waals surface area contributed by atoms with Gasteiger partial charge in [-0.1, -0.05) is 11.6 Å². The molecule has 0 radical (unpaired) electrons. The topological polar surface area (TPSA) is 63.8 Å². The van der Waals surface area contributed by atoms with Gasteiger partial charge in [0.2, 0.25) is 0 Å². The lowest BCUT2D eigenvalue weighted by Gasteiger charge is -2.10. The fourth-order valence-corrected chi connectivity index (χ4v) is 1.49. The van der Waals surface area contributed by atoms with E-state index in [1.54, 1.807) is 0 Å². The molecule has 1 aromatic carbocycles. The molecule has 1 heterocycles. The van der Waals surface area contributed by atoms with E-state index in [4.69, 9.17) is 17.3 Å². The smallest absolute Gasteiger partial charge is 0.393 e. The van der Waals surface area contributed by atoms with Crippen molar-refractivity contribution in [1.82, 2.24) is 9.97 Å². The molecule has 0 saturated heterocycles. The van der Waals surface area contributed by atoms with E-state index in [0.29, 0.717) is 5.69 Å². The number of benzene rings is 1. The average molecular weight is 325 g/mol. The Morgan fingerprint density at radius 2 is 1.70 bits per heavy atom. The predicted octanol–water partition coefficient (Wildman–Crippen LogP) is 3.90. The van der Waals surface area contributed by atoms with Crippen LogP contribution in [0.4, 0.5) is 30.4 Å². The summed E-state index contributed by atoms with van der Waals surface area (Å²) in [4.78, 5) is 7.52. The number of halogens is 5. The Morgan fingerprint density at radius 3 is 2.25 bits per heavy atom. The second-order valence-electron chi connectivity index (χ2n) is 3.63. The molecule has 2 rings (SSSR count). The molecule has 4 nitrogen and oxygen atoms in total. The molecule has 0 amide bonds. The largest absolute Gasteiger partial charge is 0.416 e. The van der Waals surface area contributed by atoms with Crippen LogP contribution in [0.2, 0.25) is 5.15 Å². The van der Waals surface area contributed by atoms with Crippen LogP contribution in [0.5, 0.6) is 0 Å². The molecule has 1 aromatic heterocycles. The molecule has 0 aliphatic heterocycles. The van der Waals surface area contributed by atoms with Crippen molar-refractivity contribution in [2.24, 2.45) is 0 Å². The van der Waals surface area contributed by atoms with Gasteiger partial charge in [0.25, 0.3) is 0 Å². The van der Waals surface area contributed by atoms with Crippen molar-refractivity contribution in [2.75, 3.05) is 11.1 Å². The molecule has 0 aliphatic rings. The Kier molecular flexibility index (Phi) is 5.02. The van der Waals surface area contributed by atoms with E-state index >= 15 is 0 Å². The Labute approximate surface area is 123 Å². The molecule has 0 fully saturated rings. The molecule has 0 spiro atoms. The van der Waals surface area contributed by atoms with Crippen LogP contribution in [0.15, 0.2) is 30.6 Å². The molecule has 0 saturated carbocycles. The molecule has 0 bridgehead atoms. The number of rotatable bonds is 2. The first kappa shape index (κ1) is 16.3. The zero-order chi connectivity index (χ0) is 14.0. The zero-order valence-electron chi connectivity index (χ0n) is 9.78. The summed E-state index contributed by atoms with van der Waals surface area (Å²) in [5.41, 5.74) is 5.44. The van der Waals surface area contributed by atoms with E-state index in [1.807, 2.05) is 0 Å². The number of nitrogens with two attached hydrogens (primary N) is 1. The third-order valence-corrected chi connectivity index (χ3v) is 2.61. The van der Waals surface area contributed by atoms with Crippen LogP contribution in [0.3, 0.4) is 0 Å². The van der Waals surface area contributed by atoms with E-state index < -0.39 is 11.7 Å². The van der Waals surface area contributed by atoms with Gasteiger partial charge in [0.1, 0.15) is 12.0 Å². The van der Waals surface area contributed by atoms with Crippen LogP contribution in [0, 0.1) is 0 Å². The summed E-state index contributed by atoms with van der Waals surface area (Å²) in [7, 11) is 0. The highest BCUT2D eigenvalue weighted by molar-refractivity contribution is 6.32. The van der Waals surface area contributed by atoms with E-state index in [9.17, 15) is 13.2 Å². The maximum atomic E-state index is 12.4. The zero-order valence-corrected chi connectivity index (χ0v) is 11.4. The predicted molar refractivity (Wildman–Crippen MR) is 73.4 cm³/mol. The number of aromatic nitrogens is 2. The van der Waals surface area contributed by atoms with Gasteiger partial charge in [0.05, 0.1) is 5.56 Å². The summed E-state index contributed by atoms with van der Waals surface area (Å²) in [5, 5.41) is 2.84. The fourth-order valence-electron chi connectivity index (χ4n) is 1.35. The van der Waals surface area contributed by atoms with Crippen molar-refractivity contribution in [2.45, 2.75) is 6.18 Å². The van der Waals surface area contributed by atoms with Crippen molar-refractivity contribution < 1.29 is 13.2 Å². The number of nitrogen functional groups attached to an aromatic ring is 1. The van der Waals surface area contributed by atoms with E-state index in [0.717, 1.165) is 12.1 Å². The van der Waals surface area contributed by atoms with Crippen molar-refractivity contribution in [3.05, 3.63) is 41.3 Å². The van der Waals surface area contributed by atoms with Gasteiger partial charge in [-0.15, -0.1) is 12.4 Å². The summed E-state index contributed by atoms with van der Waals surface area (Å²) in [6.45, 7) is 0. The van der Waals surface area contributed by atoms with Crippen LogP contribution in [-0.2, 0) is 6.18 Å². The molecular weight excluding hydrogens is 316 g/mol. The molecule has 0 atom stereocenters. The highest BCUT2D eigenvalue weighted by Gasteiger charge is 2.29. The third kappa shape index (κ3) is 3.64. The summed E-state index contributed by atoms with van der Waals surface area (Å²) in [5.74, 6) is 0.236. The highest BCUT2D eigenvalue weighted by atomic mass is 35.5. The summed E-state index contributed by atoms with van der Waals surface area (Å²) >= 11 is 5.70. The minimum absolute atomic E-state index is 0. The van der Waals surface area contributed by atoms with E-state index in [2.05, 4.69) is 15.3 Å². The van der Waals surface area contributed by atoms with Crippen LogP contribution in [0.25, 0.3) is 0 Å². The number of nitrogens with one attached hydrogen (secondary N) is 1. The number of anilines is 3. The Hall–Kier alpha value is -1.73. The van der Waals surface area contributed by atoms with Crippen LogP contribution < -0.4 is 11.1 Å². The van der Waals surface area contributed by atoms with Crippen molar-refractivity contribution >= 4 is 41.2 Å².